The van der Waals surface area contributed by atoms with Gasteiger partial charge in [-0.1, -0.05) is 0 Å². The maximum Gasteiger partial charge on any atom is 0.261 e. The third kappa shape index (κ3) is 2.87. The normalized spacial score (nSPS) is 10.8. The second-order valence-electron chi connectivity index (χ2n) is 3.98. The highest BCUT2D eigenvalue weighted by Gasteiger charge is 2.16. The van der Waals surface area contributed by atoms with Gasteiger partial charge in [-0.15, -0.1) is 0 Å². The van der Waals surface area contributed by atoms with E-state index in [1.807, 2.05) is 0 Å². The number of halogens is 1. The molecule has 102 valence electrons. The number of nitrogens with zero attached hydrogens (tertiary/aromatic N) is 1. The van der Waals surface area contributed by atoms with E-state index in [2.05, 4.69) is 4.72 Å². The van der Waals surface area contributed by atoms with Crippen LogP contribution in [0.5, 0.6) is 0 Å². The van der Waals surface area contributed by atoms with Crippen LogP contribution in [0.1, 0.15) is 5.56 Å². The maximum absolute atomic E-state index is 13.2. The molecule has 0 aromatic heterocycles. The number of nitrogen functional groups attached to an aromatic ring is 1. The van der Waals surface area contributed by atoms with Gasteiger partial charge in [-0.05, 0) is 42.5 Å². The van der Waals surface area contributed by atoms with Crippen LogP contribution in [0.3, 0.4) is 0 Å². The predicted octanol–water partition coefficient (Wildman–Crippen LogP) is 2.08. The van der Waals surface area contributed by atoms with E-state index in [1.165, 1.54) is 12.1 Å². The summed E-state index contributed by atoms with van der Waals surface area (Å²) in [6, 6.07) is 10.7. The molecule has 3 N–H and O–H groups in total. The Balaban J connectivity index is 2.36. The minimum Gasteiger partial charge on any atom is -0.399 e. The molecular weight excluding hydrogens is 281 g/mol. The Labute approximate surface area is 115 Å². The lowest BCUT2D eigenvalue weighted by Crippen LogP contribution is -2.13. The number of nitrogens with one attached hydrogen (secondary N) is 1. The van der Waals surface area contributed by atoms with Crippen molar-refractivity contribution in [1.29, 1.82) is 5.26 Å². The lowest BCUT2D eigenvalue weighted by atomic mass is 10.2. The van der Waals surface area contributed by atoms with Crippen molar-refractivity contribution >= 4 is 21.4 Å². The van der Waals surface area contributed by atoms with Gasteiger partial charge in [-0.25, -0.2) is 12.8 Å². The third-order valence-electron chi connectivity index (χ3n) is 2.53. The maximum atomic E-state index is 13.2. The molecule has 0 aliphatic heterocycles. The van der Waals surface area contributed by atoms with Crippen LogP contribution < -0.4 is 10.5 Å². The van der Waals surface area contributed by atoms with Crippen molar-refractivity contribution in [2.24, 2.45) is 0 Å². The van der Waals surface area contributed by atoms with Crippen LogP contribution in [-0.4, -0.2) is 8.42 Å². The van der Waals surface area contributed by atoms with E-state index in [1.54, 1.807) is 18.2 Å². The molecule has 0 saturated heterocycles. The van der Waals surface area contributed by atoms with E-state index in [0.29, 0.717) is 11.4 Å². The summed E-state index contributed by atoms with van der Waals surface area (Å²) >= 11 is 0. The minimum absolute atomic E-state index is 0.188. The monoisotopic (exact) mass is 291 g/mol. The zero-order chi connectivity index (χ0) is 14.8. The molecule has 0 heterocycles. The van der Waals surface area contributed by atoms with E-state index in [4.69, 9.17) is 11.0 Å². The molecule has 0 fully saturated rings. The average molecular weight is 291 g/mol. The summed E-state index contributed by atoms with van der Waals surface area (Å²) in [7, 11) is -3.88. The molecule has 0 amide bonds. The topological polar surface area (TPSA) is 96.0 Å². The summed E-state index contributed by atoms with van der Waals surface area (Å²) in [4.78, 5) is -0.188. The highest BCUT2D eigenvalue weighted by atomic mass is 32.2. The first-order chi connectivity index (χ1) is 9.42. The highest BCUT2D eigenvalue weighted by molar-refractivity contribution is 7.92. The smallest absolute Gasteiger partial charge is 0.261 e. The van der Waals surface area contributed by atoms with Crippen LogP contribution >= 0.6 is 0 Å². The summed E-state index contributed by atoms with van der Waals surface area (Å²) in [6.45, 7) is 0. The summed E-state index contributed by atoms with van der Waals surface area (Å²) < 4.78 is 39.7. The standard InChI is InChI=1S/C13H10FN3O2S/c14-13-6-5-12(7-9(13)8-15)20(18,19)17-11-3-1-10(16)2-4-11/h1-7,17H,16H2. The van der Waals surface area contributed by atoms with Crippen LogP contribution in [0.4, 0.5) is 15.8 Å². The van der Waals surface area contributed by atoms with E-state index in [9.17, 15) is 12.8 Å². The molecular formula is C13H10FN3O2S. The Kier molecular flexibility index (Phi) is 3.59. The summed E-state index contributed by atoms with van der Waals surface area (Å²) in [5.41, 5.74) is 6.00. The minimum atomic E-state index is -3.88. The van der Waals surface area contributed by atoms with Crippen LogP contribution in [0.25, 0.3) is 0 Å². The van der Waals surface area contributed by atoms with Gasteiger partial charge in [0.2, 0.25) is 0 Å². The predicted molar refractivity (Wildman–Crippen MR) is 72.8 cm³/mol. The Bertz CT molecular complexity index is 780. The lowest BCUT2D eigenvalue weighted by Gasteiger charge is -2.08. The molecule has 0 bridgehead atoms. The van der Waals surface area contributed by atoms with E-state index in [-0.39, 0.29) is 10.5 Å². The first-order valence-corrected chi connectivity index (χ1v) is 6.99. The van der Waals surface area contributed by atoms with E-state index < -0.39 is 15.8 Å². The number of sulfonamides is 1. The average Bonchev–Trinajstić information content (AvgIpc) is 2.41. The number of benzene rings is 2. The first kappa shape index (κ1) is 13.8. The van der Waals surface area contributed by atoms with Gasteiger partial charge in [-0.3, -0.25) is 4.72 Å². The third-order valence-corrected chi connectivity index (χ3v) is 3.91. The van der Waals surface area contributed by atoms with Crippen LogP contribution in [0.2, 0.25) is 0 Å². The zero-order valence-electron chi connectivity index (χ0n) is 10.2. The molecule has 2 aromatic carbocycles. The molecule has 2 aromatic rings. The molecule has 2 rings (SSSR count). The fraction of sp³-hybridized carbons (Fsp3) is 0. The fourth-order valence-corrected chi connectivity index (χ4v) is 2.61. The number of hydrogen-bond acceptors (Lipinski definition) is 4. The molecule has 0 aliphatic rings. The summed E-state index contributed by atoms with van der Waals surface area (Å²) in [5.74, 6) is -0.765. The molecule has 20 heavy (non-hydrogen) atoms. The molecule has 0 radical (unpaired) electrons. The molecule has 5 nitrogen and oxygen atoms in total. The van der Waals surface area contributed by atoms with Crippen molar-refractivity contribution in [1.82, 2.24) is 0 Å². The highest BCUT2D eigenvalue weighted by Crippen LogP contribution is 2.19. The molecule has 7 heteroatoms. The van der Waals surface area contributed by atoms with E-state index in [0.717, 1.165) is 18.2 Å². The lowest BCUT2D eigenvalue weighted by molar-refractivity contribution is 0.599. The van der Waals surface area contributed by atoms with E-state index >= 15 is 0 Å². The molecule has 0 unspecified atom stereocenters. The summed E-state index contributed by atoms with van der Waals surface area (Å²) in [5, 5.41) is 8.71. The molecule has 0 spiro atoms. The Morgan fingerprint density at radius 2 is 1.80 bits per heavy atom. The SMILES string of the molecule is N#Cc1cc(S(=O)(=O)Nc2ccc(N)cc2)ccc1F. The zero-order valence-corrected chi connectivity index (χ0v) is 11.0. The molecule has 0 aliphatic carbocycles. The van der Waals surface area contributed by atoms with Gasteiger partial charge >= 0.3 is 0 Å². The fourth-order valence-electron chi connectivity index (χ4n) is 1.52. The summed E-state index contributed by atoms with van der Waals surface area (Å²) in [6.07, 6.45) is 0. The largest absolute Gasteiger partial charge is 0.399 e. The van der Waals surface area contributed by atoms with Gasteiger partial charge in [-0.2, -0.15) is 5.26 Å². The van der Waals surface area contributed by atoms with Gasteiger partial charge < -0.3 is 5.73 Å². The van der Waals surface area contributed by atoms with Gasteiger partial charge in [0.05, 0.1) is 10.5 Å². The number of nitriles is 1. The van der Waals surface area contributed by atoms with Crippen molar-refractivity contribution < 1.29 is 12.8 Å². The number of anilines is 2. The number of nitrogens with two attached hydrogens (primary N) is 1. The van der Waals surface area contributed by atoms with Crippen LogP contribution in [0.15, 0.2) is 47.4 Å². The Morgan fingerprint density at radius 1 is 1.15 bits per heavy atom. The second kappa shape index (κ2) is 5.19. The van der Waals surface area contributed by atoms with Crippen molar-refractivity contribution in [3.05, 3.63) is 53.8 Å². The quantitative estimate of drug-likeness (QED) is 0.846. The second-order valence-corrected chi connectivity index (χ2v) is 5.66. The van der Waals surface area contributed by atoms with Crippen molar-refractivity contribution in [2.75, 3.05) is 10.5 Å². The number of hydrogen-bond donors (Lipinski definition) is 2. The van der Waals surface area contributed by atoms with Crippen molar-refractivity contribution in [3.8, 4) is 6.07 Å². The number of rotatable bonds is 3. The van der Waals surface area contributed by atoms with Gasteiger partial charge in [0.25, 0.3) is 10.0 Å². The Morgan fingerprint density at radius 3 is 2.40 bits per heavy atom. The van der Waals surface area contributed by atoms with Gasteiger partial charge in [0.15, 0.2) is 0 Å². The van der Waals surface area contributed by atoms with Crippen LogP contribution in [-0.2, 0) is 10.0 Å². The molecule has 0 saturated carbocycles. The van der Waals surface area contributed by atoms with Crippen molar-refractivity contribution in [3.63, 3.8) is 0 Å². The van der Waals surface area contributed by atoms with Crippen LogP contribution in [0, 0.1) is 17.1 Å². The molecule has 0 atom stereocenters. The van der Waals surface area contributed by atoms with Gasteiger partial charge in [0, 0.05) is 11.4 Å². The van der Waals surface area contributed by atoms with Crippen molar-refractivity contribution in [2.45, 2.75) is 4.90 Å². The van der Waals surface area contributed by atoms with Gasteiger partial charge in [0.1, 0.15) is 11.9 Å². The Hall–Kier alpha value is -2.59. The first-order valence-electron chi connectivity index (χ1n) is 5.50.